The van der Waals surface area contributed by atoms with E-state index in [2.05, 4.69) is 26.9 Å². The highest BCUT2D eigenvalue weighted by atomic mass is 16.5. The molecule has 6 heteroatoms. The molecule has 3 heterocycles. The number of likely N-dealkylation sites (tertiary alicyclic amines) is 1. The summed E-state index contributed by atoms with van der Waals surface area (Å²) in [4.78, 5) is 11.0. The first kappa shape index (κ1) is 14.2. The van der Waals surface area contributed by atoms with Crippen molar-refractivity contribution in [2.45, 2.75) is 19.9 Å². The predicted octanol–water partition coefficient (Wildman–Crippen LogP) is 1.55. The summed E-state index contributed by atoms with van der Waals surface area (Å²) < 4.78 is 5.34. The van der Waals surface area contributed by atoms with Gasteiger partial charge in [-0.3, -0.25) is 9.88 Å². The van der Waals surface area contributed by atoms with Gasteiger partial charge in [0.25, 0.3) is 0 Å². The van der Waals surface area contributed by atoms with Gasteiger partial charge in [0.1, 0.15) is 5.69 Å². The van der Waals surface area contributed by atoms with Gasteiger partial charge in [0.2, 0.25) is 11.7 Å². The lowest BCUT2D eigenvalue weighted by Gasteiger charge is -2.35. The maximum absolute atomic E-state index is 5.84. The van der Waals surface area contributed by atoms with Gasteiger partial charge in [0.05, 0.1) is 6.54 Å². The van der Waals surface area contributed by atoms with Crippen LogP contribution in [0.2, 0.25) is 0 Å². The molecule has 1 saturated heterocycles. The van der Waals surface area contributed by atoms with E-state index in [1.54, 1.807) is 6.20 Å². The van der Waals surface area contributed by atoms with Crippen LogP contribution in [0, 0.1) is 11.8 Å². The second-order valence-electron chi connectivity index (χ2n) is 5.72. The first-order valence-corrected chi connectivity index (χ1v) is 7.42. The Bertz CT molecular complexity index is 570. The van der Waals surface area contributed by atoms with Crippen molar-refractivity contribution in [1.82, 2.24) is 20.0 Å². The molecule has 0 radical (unpaired) electrons. The molecule has 2 unspecified atom stereocenters. The average Bonchev–Trinajstić information content (AvgIpc) is 2.98. The molecule has 2 aromatic rings. The molecule has 0 bridgehead atoms. The lowest BCUT2D eigenvalue weighted by atomic mass is 9.87. The maximum atomic E-state index is 5.84. The van der Waals surface area contributed by atoms with E-state index in [-0.39, 0.29) is 0 Å². The summed E-state index contributed by atoms with van der Waals surface area (Å²) in [6.07, 6.45) is 2.90. The van der Waals surface area contributed by atoms with Crippen LogP contribution in [0.25, 0.3) is 11.5 Å². The minimum absolute atomic E-state index is 0.548. The third kappa shape index (κ3) is 3.28. The van der Waals surface area contributed by atoms with Gasteiger partial charge in [0, 0.05) is 12.7 Å². The molecule has 0 aromatic carbocycles. The molecule has 2 aromatic heterocycles. The smallest absolute Gasteiger partial charge is 0.241 e. The standard InChI is InChI=1S/C15H21N5O/c1-11-5-7-20(9-12(11)8-16)10-14-18-15(19-21-14)13-4-2-3-6-17-13/h2-4,6,11-12H,5,7-10,16H2,1H3. The molecule has 0 spiro atoms. The third-order valence-electron chi connectivity index (χ3n) is 4.22. The predicted molar refractivity (Wildman–Crippen MR) is 79.1 cm³/mol. The molecule has 3 rings (SSSR count). The fourth-order valence-electron chi connectivity index (χ4n) is 2.78. The van der Waals surface area contributed by atoms with Gasteiger partial charge in [0.15, 0.2) is 0 Å². The fraction of sp³-hybridized carbons (Fsp3) is 0.533. The molecule has 6 nitrogen and oxygen atoms in total. The zero-order chi connectivity index (χ0) is 14.7. The van der Waals surface area contributed by atoms with E-state index in [9.17, 15) is 0 Å². The second kappa shape index (κ2) is 6.32. The summed E-state index contributed by atoms with van der Waals surface area (Å²) in [5.41, 5.74) is 6.58. The van der Waals surface area contributed by atoms with E-state index in [0.29, 0.717) is 30.1 Å². The van der Waals surface area contributed by atoms with E-state index < -0.39 is 0 Å². The number of hydrogen-bond acceptors (Lipinski definition) is 6. The van der Waals surface area contributed by atoms with E-state index in [0.717, 1.165) is 25.3 Å². The van der Waals surface area contributed by atoms with Crippen LogP contribution < -0.4 is 5.73 Å². The van der Waals surface area contributed by atoms with Crippen molar-refractivity contribution in [2.75, 3.05) is 19.6 Å². The molecule has 2 N–H and O–H groups in total. The molecule has 2 atom stereocenters. The van der Waals surface area contributed by atoms with Gasteiger partial charge in [-0.25, -0.2) is 0 Å². The van der Waals surface area contributed by atoms with Crippen LogP contribution in [0.4, 0.5) is 0 Å². The molecule has 1 fully saturated rings. The Morgan fingerprint density at radius 2 is 2.33 bits per heavy atom. The summed E-state index contributed by atoms with van der Waals surface area (Å²) in [6.45, 7) is 5.75. The molecule has 1 aliphatic heterocycles. The third-order valence-corrected chi connectivity index (χ3v) is 4.22. The van der Waals surface area contributed by atoms with Crippen molar-refractivity contribution >= 4 is 0 Å². The van der Waals surface area contributed by atoms with Gasteiger partial charge < -0.3 is 10.3 Å². The topological polar surface area (TPSA) is 81.1 Å². The highest BCUT2D eigenvalue weighted by molar-refractivity contribution is 5.46. The Morgan fingerprint density at radius 1 is 1.43 bits per heavy atom. The molecular weight excluding hydrogens is 266 g/mol. The van der Waals surface area contributed by atoms with Crippen LogP contribution in [0.5, 0.6) is 0 Å². The van der Waals surface area contributed by atoms with Gasteiger partial charge >= 0.3 is 0 Å². The van der Waals surface area contributed by atoms with Crippen LogP contribution in [0.1, 0.15) is 19.2 Å². The highest BCUT2D eigenvalue weighted by Gasteiger charge is 2.26. The number of hydrogen-bond donors (Lipinski definition) is 1. The van der Waals surface area contributed by atoms with E-state index in [1.165, 1.54) is 6.42 Å². The van der Waals surface area contributed by atoms with Crippen LogP contribution in [-0.4, -0.2) is 39.7 Å². The Labute approximate surface area is 124 Å². The van der Waals surface area contributed by atoms with Crippen LogP contribution >= 0.6 is 0 Å². The number of piperidine rings is 1. The number of aromatic nitrogens is 3. The summed E-state index contributed by atoms with van der Waals surface area (Å²) in [5, 5.41) is 4.01. The molecule has 112 valence electrons. The van der Waals surface area contributed by atoms with E-state index >= 15 is 0 Å². The summed E-state index contributed by atoms with van der Waals surface area (Å²) in [5.74, 6) is 2.43. The van der Waals surface area contributed by atoms with Gasteiger partial charge in [-0.2, -0.15) is 4.98 Å². The Kier molecular flexibility index (Phi) is 4.26. The number of nitrogens with zero attached hydrogens (tertiary/aromatic N) is 4. The monoisotopic (exact) mass is 287 g/mol. The maximum Gasteiger partial charge on any atom is 0.241 e. The van der Waals surface area contributed by atoms with E-state index in [1.807, 2.05) is 18.2 Å². The Morgan fingerprint density at radius 3 is 3.10 bits per heavy atom. The molecule has 0 amide bonds. The first-order valence-electron chi connectivity index (χ1n) is 7.42. The van der Waals surface area contributed by atoms with Gasteiger partial charge in [-0.15, -0.1) is 0 Å². The normalized spacial score (nSPS) is 23.3. The molecule has 0 saturated carbocycles. The molecule has 0 aliphatic carbocycles. The van der Waals surface area contributed by atoms with Gasteiger partial charge in [-0.1, -0.05) is 18.1 Å². The Balaban J connectivity index is 1.65. The lowest BCUT2D eigenvalue weighted by molar-refractivity contribution is 0.114. The minimum atomic E-state index is 0.548. The summed E-state index contributed by atoms with van der Waals surface area (Å²) >= 11 is 0. The molecular formula is C15H21N5O. The van der Waals surface area contributed by atoms with Crippen LogP contribution in [0.15, 0.2) is 28.9 Å². The van der Waals surface area contributed by atoms with Crippen molar-refractivity contribution < 1.29 is 4.52 Å². The van der Waals surface area contributed by atoms with Crippen molar-refractivity contribution in [2.24, 2.45) is 17.6 Å². The van der Waals surface area contributed by atoms with Crippen molar-refractivity contribution in [1.29, 1.82) is 0 Å². The van der Waals surface area contributed by atoms with Crippen LogP contribution in [0.3, 0.4) is 0 Å². The summed E-state index contributed by atoms with van der Waals surface area (Å²) in [7, 11) is 0. The largest absolute Gasteiger partial charge is 0.337 e. The summed E-state index contributed by atoms with van der Waals surface area (Å²) in [6, 6.07) is 5.66. The first-order chi connectivity index (χ1) is 10.3. The zero-order valence-electron chi connectivity index (χ0n) is 12.3. The number of nitrogens with two attached hydrogens (primary N) is 1. The fourth-order valence-corrected chi connectivity index (χ4v) is 2.78. The van der Waals surface area contributed by atoms with E-state index in [4.69, 9.17) is 10.3 Å². The number of rotatable bonds is 4. The van der Waals surface area contributed by atoms with Crippen molar-refractivity contribution in [3.05, 3.63) is 30.3 Å². The number of pyridine rings is 1. The molecule has 1 aliphatic rings. The minimum Gasteiger partial charge on any atom is -0.337 e. The quantitative estimate of drug-likeness (QED) is 0.919. The zero-order valence-corrected chi connectivity index (χ0v) is 12.3. The average molecular weight is 287 g/mol. The highest BCUT2D eigenvalue weighted by Crippen LogP contribution is 2.23. The van der Waals surface area contributed by atoms with Gasteiger partial charge in [-0.05, 0) is 43.5 Å². The van der Waals surface area contributed by atoms with Crippen LogP contribution in [-0.2, 0) is 6.54 Å². The second-order valence-corrected chi connectivity index (χ2v) is 5.72. The van der Waals surface area contributed by atoms with Crippen molar-refractivity contribution in [3.63, 3.8) is 0 Å². The Hall–Kier alpha value is -1.79. The van der Waals surface area contributed by atoms with Crippen molar-refractivity contribution in [3.8, 4) is 11.5 Å². The SMILES string of the molecule is CC1CCN(Cc2nc(-c3ccccn3)no2)CC1CN. The molecule has 21 heavy (non-hydrogen) atoms. The lowest BCUT2D eigenvalue weighted by Crippen LogP contribution is -2.42.